The highest BCUT2D eigenvalue weighted by Gasteiger charge is 2.36. The van der Waals surface area contributed by atoms with Gasteiger partial charge in [0.2, 0.25) is 0 Å². The monoisotopic (exact) mass is 290 g/mol. The minimum Gasteiger partial charge on any atom is -0.507 e. The van der Waals surface area contributed by atoms with Crippen LogP contribution in [0.4, 0.5) is 10.5 Å². The van der Waals surface area contributed by atoms with Crippen molar-refractivity contribution in [1.29, 1.82) is 0 Å². The number of rotatable bonds is 5. The fraction of sp³-hybridized carbons (Fsp3) is 0.467. The molecule has 1 aromatic carbocycles. The maximum atomic E-state index is 12.3. The van der Waals surface area contributed by atoms with Gasteiger partial charge in [0.15, 0.2) is 0 Å². The third-order valence-corrected chi connectivity index (χ3v) is 3.88. The van der Waals surface area contributed by atoms with Crippen LogP contribution in [0, 0.1) is 5.92 Å². The van der Waals surface area contributed by atoms with E-state index in [1.54, 1.807) is 0 Å². The average Bonchev–Trinajstić information content (AvgIpc) is 3.28. The molecule has 0 atom stereocenters. The number of aromatic hydroxyl groups is 1. The van der Waals surface area contributed by atoms with Crippen molar-refractivity contribution in [3.05, 3.63) is 23.8 Å². The van der Waals surface area contributed by atoms with Crippen LogP contribution in [-0.2, 0) is 0 Å². The first-order chi connectivity index (χ1) is 10.0. The van der Waals surface area contributed by atoms with E-state index in [2.05, 4.69) is 5.32 Å². The zero-order valence-corrected chi connectivity index (χ0v) is 11.6. The first-order valence-corrected chi connectivity index (χ1v) is 7.18. The number of nitrogens with zero attached hydrogens (tertiary/aromatic N) is 1. The third kappa shape index (κ3) is 3.26. The van der Waals surface area contributed by atoms with Crippen LogP contribution in [0.25, 0.3) is 0 Å². The summed E-state index contributed by atoms with van der Waals surface area (Å²) in [6.07, 6.45) is 4.46. The number of phenols is 1. The molecule has 2 fully saturated rings. The Morgan fingerprint density at radius 2 is 1.95 bits per heavy atom. The molecule has 6 heteroatoms. The molecule has 3 rings (SSSR count). The number of carbonyl (C=O) groups is 2. The van der Waals surface area contributed by atoms with Crippen molar-refractivity contribution < 1.29 is 19.8 Å². The fourth-order valence-corrected chi connectivity index (χ4v) is 2.35. The van der Waals surface area contributed by atoms with Crippen LogP contribution in [0.5, 0.6) is 5.75 Å². The van der Waals surface area contributed by atoms with Gasteiger partial charge in [-0.1, -0.05) is 0 Å². The second-order valence-corrected chi connectivity index (χ2v) is 5.79. The normalized spacial score (nSPS) is 17.3. The molecule has 112 valence electrons. The lowest BCUT2D eigenvalue weighted by atomic mass is 10.2. The van der Waals surface area contributed by atoms with E-state index in [-0.39, 0.29) is 17.3 Å². The zero-order valence-electron chi connectivity index (χ0n) is 11.6. The van der Waals surface area contributed by atoms with E-state index >= 15 is 0 Å². The van der Waals surface area contributed by atoms with E-state index in [1.807, 2.05) is 4.90 Å². The van der Waals surface area contributed by atoms with Crippen molar-refractivity contribution in [3.63, 3.8) is 0 Å². The molecular weight excluding hydrogens is 272 g/mol. The first kappa shape index (κ1) is 13.7. The quantitative estimate of drug-likeness (QED) is 0.777. The van der Waals surface area contributed by atoms with Gasteiger partial charge in [-0.25, -0.2) is 9.59 Å². The lowest BCUT2D eigenvalue weighted by molar-refractivity contribution is 0.0694. The SMILES string of the molecule is O=C(O)c1ccc(NC(=O)N(CC2CC2)C2CC2)cc1O. The van der Waals surface area contributed by atoms with Gasteiger partial charge in [-0.2, -0.15) is 0 Å². The molecule has 0 heterocycles. The molecule has 3 N–H and O–H groups in total. The molecule has 0 radical (unpaired) electrons. The Hall–Kier alpha value is -2.24. The lowest BCUT2D eigenvalue weighted by Crippen LogP contribution is -2.38. The second kappa shape index (κ2) is 5.27. The number of amides is 2. The average molecular weight is 290 g/mol. The number of nitrogens with one attached hydrogen (secondary N) is 1. The number of carbonyl (C=O) groups excluding carboxylic acids is 1. The van der Waals surface area contributed by atoms with Gasteiger partial charge in [0.05, 0.1) is 0 Å². The Labute approximate surface area is 122 Å². The summed E-state index contributed by atoms with van der Waals surface area (Å²) in [5, 5.41) is 21.2. The van der Waals surface area contributed by atoms with Gasteiger partial charge < -0.3 is 20.4 Å². The van der Waals surface area contributed by atoms with Crippen molar-refractivity contribution >= 4 is 17.7 Å². The van der Waals surface area contributed by atoms with E-state index < -0.39 is 5.97 Å². The predicted octanol–water partition coefficient (Wildman–Crippen LogP) is 2.50. The summed E-state index contributed by atoms with van der Waals surface area (Å²) in [6.45, 7) is 0.787. The number of aromatic carboxylic acids is 1. The van der Waals surface area contributed by atoms with Gasteiger partial charge in [-0.05, 0) is 43.7 Å². The van der Waals surface area contributed by atoms with Gasteiger partial charge >= 0.3 is 12.0 Å². The molecule has 6 nitrogen and oxygen atoms in total. The summed E-state index contributed by atoms with van der Waals surface area (Å²) in [7, 11) is 0. The minimum absolute atomic E-state index is 0.174. The Kier molecular flexibility index (Phi) is 3.45. The lowest BCUT2D eigenvalue weighted by Gasteiger charge is -2.22. The van der Waals surface area contributed by atoms with E-state index in [9.17, 15) is 14.7 Å². The molecule has 0 aliphatic heterocycles. The maximum absolute atomic E-state index is 12.3. The topological polar surface area (TPSA) is 89.9 Å². The van der Waals surface area contributed by atoms with E-state index in [0.29, 0.717) is 17.6 Å². The molecule has 1 aromatic rings. The van der Waals surface area contributed by atoms with Gasteiger partial charge in [0, 0.05) is 24.3 Å². The minimum atomic E-state index is -1.20. The predicted molar refractivity (Wildman–Crippen MR) is 76.5 cm³/mol. The molecule has 0 saturated heterocycles. The number of urea groups is 1. The van der Waals surface area contributed by atoms with Crippen LogP contribution in [0.3, 0.4) is 0 Å². The fourth-order valence-electron chi connectivity index (χ4n) is 2.35. The number of hydrogen-bond donors (Lipinski definition) is 3. The number of benzene rings is 1. The number of carboxylic acids is 1. The number of carboxylic acid groups (broad SMARTS) is 1. The summed E-state index contributed by atoms with van der Waals surface area (Å²) in [6, 6.07) is 4.20. The van der Waals surface area contributed by atoms with Crippen LogP contribution in [0.1, 0.15) is 36.0 Å². The summed E-state index contributed by atoms with van der Waals surface area (Å²) in [5.74, 6) is -0.918. The smallest absolute Gasteiger partial charge is 0.339 e. The highest BCUT2D eigenvalue weighted by Crippen LogP contribution is 2.35. The molecular formula is C15H18N2O4. The zero-order chi connectivity index (χ0) is 15.0. The number of anilines is 1. The molecule has 21 heavy (non-hydrogen) atoms. The summed E-state index contributed by atoms with van der Waals surface area (Å²) < 4.78 is 0. The van der Waals surface area contributed by atoms with Crippen molar-refractivity contribution in [1.82, 2.24) is 4.90 Å². The van der Waals surface area contributed by atoms with Gasteiger partial charge in [0.1, 0.15) is 11.3 Å². The third-order valence-electron chi connectivity index (χ3n) is 3.88. The largest absolute Gasteiger partial charge is 0.507 e. The van der Waals surface area contributed by atoms with Crippen LogP contribution in [0.15, 0.2) is 18.2 Å². The number of hydrogen-bond acceptors (Lipinski definition) is 3. The van der Waals surface area contributed by atoms with Crippen molar-refractivity contribution in [3.8, 4) is 5.75 Å². The van der Waals surface area contributed by atoms with Gasteiger partial charge in [-0.15, -0.1) is 0 Å². The van der Waals surface area contributed by atoms with E-state index in [1.165, 1.54) is 31.0 Å². The Morgan fingerprint density at radius 1 is 1.24 bits per heavy atom. The van der Waals surface area contributed by atoms with E-state index in [4.69, 9.17) is 5.11 Å². The Morgan fingerprint density at radius 3 is 2.48 bits per heavy atom. The van der Waals surface area contributed by atoms with Crippen molar-refractivity contribution in [2.75, 3.05) is 11.9 Å². The second-order valence-electron chi connectivity index (χ2n) is 5.79. The molecule has 2 aliphatic rings. The summed E-state index contributed by atoms with van der Waals surface area (Å²) >= 11 is 0. The highest BCUT2D eigenvalue weighted by molar-refractivity contribution is 5.94. The first-order valence-electron chi connectivity index (χ1n) is 7.18. The van der Waals surface area contributed by atoms with Crippen LogP contribution >= 0.6 is 0 Å². The van der Waals surface area contributed by atoms with Crippen LogP contribution < -0.4 is 5.32 Å². The summed E-state index contributed by atoms with van der Waals surface area (Å²) in [4.78, 5) is 25.0. The van der Waals surface area contributed by atoms with E-state index in [0.717, 1.165) is 19.4 Å². The molecule has 2 amide bonds. The molecule has 0 unspecified atom stereocenters. The van der Waals surface area contributed by atoms with Crippen LogP contribution in [-0.4, -0.2) is 39.7 Å². The standard InChI is InChI=1S/C15H18N2O4/c18-13-7-10(3-6-12(13)14(19)20)16-15(21)17(11-4-5-11)8-9-1-2-9/h3,6-7,9,11,18H,1-2,4-5,8H2,(H,16,21)(H,19,20). The van der Waals surface area contributed by atoms with Crippen molar-refractivity contribution in [2.24, 2.45) is 5.92 Å². The van der Waals surface area contributed by atoms with Crippen LogP contribution in [0.2, 0.25) is 0 Å². The molecule has 0 aromatic heterocycles. The Bertz CT molecular complexity index is 579. The van der Waals surface area contributed by atoms with Crippen molar-refractivity contribution in [2.45, 2.75) is 31.7 Å². The van der Waals surface area contributed by atoms with Gasteiger partial charge in [-0.3, -0.25) is 0 Å². The molecule has 0 spiro atoms. The highest BCUT2D eigenvalue weighted by atomic mass is 16.4. The van der Waals surface area contributed by atoms with Gasteiger partial charge in [0.25, 0.3) is 0 Å². The Balaban J connectivity index is 1.68. The maximum Gasteiger partial charge on any atom is 0.339 e. The molecule has 2 aliphatic carbocycles. The summed E-state index contributed by atoms with van der Waals surface area (Å²) in [5.41, 5.74) is 0.231. The molecule has 0 bridgehead atoms. The molecule has 2 saturated carbocycles.